The number of carbonyl (C=O) groups excluding carboxylic acids is 1. The van der Waals surface area contributed by atoms with Gasteiger partial charge in [-0.1, -0.05) is 49.0 Å². The quantitative estimate of drug-likeness (QED) is 0.558. The molecule has 1 aromatic heterocycles. The minimum absolute atomic E-state index is 0.0825. The van der Waals surface area contributed by atoms with E-state index in [2.05, 4.69) is 34.6 Å². The van der Waals surface area contributed by atoms with Crippen molar-refractivity contribution in [3.05, 3.63) is 66.0 Å². The van der Waals surface area contributed by atoms with Gasteiger partial charge in [0.2, 0.25) is 11.8 Å². The molecular weight excluding hydrogens is 377 g/mol. The van der Waals surface area contributed by atoms with Gasteiger partial charge in [0.15, 0.2) is 0 Å². The highest BCUT2D eigenvalue weighted by Crippen LogP contribution is 2.26. The van der Waals surface area contributed by atoms with Gasteiger partial charge in [0.05, 0.1) is 5.25 Å². The first-order valence-corrected chi connectivity index (χ1v) is 10.0. The van der Waals surface area contributed by atoms with Crippen molar-refractivity contribution < 1.29 is 13.6 Å². The van der Waals surface area contributed by atoms with Gasteiger partial charge >= 0.3 is 0 Å². The molecule has 0 saturated carbocycles. The second-order valence-electron chi connectivity index (χ2n) is 6.40. The lowest BCUT2D eigenvalue weighted by atomic mass is 9.96. The van der Waals surface area contributed by atoms with Crippen molar-refractivity contribution in [1.29, 1.82) is 0 Å². The highest BCUT2D eigenvalue weighted by Gasteiger charge is 2.20. The summed E-state index contributed by atoms with van der Waals surface area (Å²) in [5.74, 6) is 0.158. The molecule has 1 heterocycles. The molecule has 146 valence electrons. The number of hydrogen-bond acceptors (Lipinski definition) is 5. The van der Waals surface area contributed by atoms with E-state index >= 15 is 0 Å². The molecule has 7 heteroatoms. The van der Waals surface area contributed by atoms with E-state index in [0.29, 0.717) is 23.2 Å². The molecular formula is C21H22FN3O2S. The molecule has 2 atom stereocenters. The molecule has 0 aliphatic heterocycles. The average Bonchev–Trinajstić information content (AvgIpc) is 3.18. The fraction of sp³-hybridized carbons (Fsp3) is 0.286. The highest BCUT2D eigenvalue weighted by molar-refractivity contribution is 8.00. The fourth-order valence-corrected chi connectivity index (χ4v) is 3.47. The summed E-state index contributed by atoms with van der Waals surface area (Å²) < 4.78 is 18.6. The van der Waals surface area contributed by atoms with Gasteiger partial charge in [0, 0.05) is 18.0 Å². The topological polar surface area (TPSA) is 68.0 Å². The molecule has 0 spiro atoms. The van der Waals surface area contributed by atoms with Crippen LogP contribution in [0.4, 0.5) is 4.39 Å². The number of carbonyl (C=O) groups is 1. The molecule has 1 amide bonds. The number of benzene rings is 2. The van der Waals surface area contributed by atoms with E-state index in [0.717, 1.165) is 6.42 Å². The molecule has 0 radical (unpaired) electrons. The lowest BCUT2D eigenvalue weighted by molar-refractivity contribution is -0.120. The predicted molar refractivity (Wildman–Crippen MR) is 107 cm³/mol. The number of hydrogen-bond donors (Lipinski definition) is 1. The Bertz CT molecular complexity index is 900. The van der Waals surface area contributed by atoms with Crippen molar-refractivity contribution in [2.24, 2.45) is 0 Å². The Morgan fingerprint density at radius 2 is 1.86 bits per heavy atom. The van der Waals surface area contributed by atoms with E-state index in [1.165, 1.54) is 29.5 Å². The maximum atomic E-state index is 13.0. The first-order chi connectivity index (χ1) is 13.6. The summed E-state index contributed by atoms with van der Waals surface area (Å²) in [4.78, 5) is 12.4. The molecule has 1 N–H and O–H groups in total. The summed E-state index contributed by atoms with van der Waals surface area (Å²) in [6.07, 6.45) is 0.941. The lowest BCUT2D eigenvalue weighted by Crippen LogP contribution is -2.34. The Balaban J connectivity index is 1.55. The van der Waals surface area contributed by atoms with Crippen molar-refractivity contribution in [3.8, 4) is 11.5 Å². The molecule has 0 unspecified atom stereocenters. The number of thioether (sulfide) groups is 1. The fourth-order valence-electron chi connectivity index (χ4n) is 2.76. The zero-order chi connectivity index (χ0) is 19.9. The summed E-state index contributed by atoms with van der Waals surface area (Å²) in [7, 11) is 0. The van der Waals surface area contributed by atoms with E-state index in [4.69, 9.17) is 4.42 Å². The number of amides is 1. The molecule has 3 aromatic rings. The van der Waals surface area contributed by atoms with Gasteiger partial charge in [0.1, 0.15) is 5.82 Å². The van der Waals surface area contributed by atoms with Crippen LogP contribution in [0, 0.1) is 5.82 Å². The SMILES string of the molecule is CC[C@H](CNC(=O)[C@H](C)Sc1nnc(-c2ccc(F)cc2)o1)c1ccccc1. The maximum Gasteiger partial charge on any atom is 0.277 e. The monoisotopic (exact) mass is 399 g/mol. The Kier molecular flexibility index (Phi) is 6.81. The number of aromatic nitrogens is 2. The first-order valence-electron chi connectivity index (χ1n) is 9.15. The molecule has 0 aliphatic carbocycles. The van der Waals surface area contributed by atoms with Gasteiger partial charge in [-0.15, -0.1) is 10.2 Å². The Hall–Kier alpha value is -2.67. The third kappa shape index (κ3) is 5.19. The normalized spacial score (nSPS) is 13.1. The van der Waals surface area contributed by atoms with Crippen LogP contribution in [-0.2, 0) is 4.79 Å². The molecule has 0 aliphatic rings. The lowest BCUT2D eigenvalue weighted by Gasteiger charge is -2.17. The van der Waals surface area contributed by atoms with Gasteiger partial charge < -0.3 is 9.73 Å². The summed E-state index contributed by atoms with van der Waals surface area (Å²) in [5.41, 5.74) is 1.85. The van der Waals surface area contributed by atoms with Crippen LogP contribution in [0.1, 0.15) is 31.7 Å². The number of nitrogens with zero attached hydrogens (tertiary/aromatic N) is 2. The van der Waals surface area contributed by atoms with Crippen LogP contribution in [0.25, 0.3) is 11.5 Å². The van der Waals surface area contributed by atoms with Crippen LogP contribution in [-0.4, -0.2) is 27.9 Å². The van der Waals surface area contributed by atoms with Gasteiger partial charge in [-0.3, -0.25) is 4.79 Å². The number of nitrogens with one attached hydrogen (secondary N) is 1. The summed E-state index contributed by atoms with van der Waals surface area (Å²) in [6.45, 7) is 4.48. The average molecular weight is 399 g/mol. The van der Waals surface area contributed by atoms with Crippen LogP contribution < -0.4 is 5.32 Å². The second kappa shape index (κ2) is 9.50. The van der Waals surface area contributed by atoms with Crippen molar-refractivity contribution in [2.45, 2.75) is 36.7 Å². The number of rotatable bonds is 8. The largest absolute Gasteiger partial charge is 0.411 e. The van der Waals surface area contributed by atoms with Gasteiger partial charge in [-0.05, 0) is 43.2 Å². The van der Waals surface area contributed by atoms with E-state index in [1.807, 2.05) is 18.2 Å². The van der Waals surface area contributed by atoms with E-state index in [9.17, 15) is 9.18 Å². The van der Waals surface area contributed by atoms with Gasteiger partial charge in [-0.2, -0.15) is 0 Å². The van der Waals surface area contributed by atoms with Crippen molar-refractivity contribution >= 4 is 17.7 Å². The second-order valence-corrected chi connectivity index (χ2v) is 7.69. The molecule has 2 aromatic carbocycles. The molecule has 0 saturated heterocycles. The molecule has 3 rings (SSSR count). The predicted octanol–water partition coefficient (Wildman–Crippen LogP) is 4.67. The zero-order valence-corrected chi connectivity index (χ0v) is 16.6. The third-order valence-electron chi connectivity index (χ3n) is 4.43. The minimum Gasteiger partial charge on any atom is -0.411 e. The Morgan fingerprint density at radius 3 is 2.54 bits per heavy atom. The summed E-state index contributed by atoms with van der Waals surface area (Å²) in [5, 5.41) is 10.9. The van der Waals surface area contributed by atoms with E-state index in [1.54, 1.807) is 19.1 Å². The summed E-state index contributed by atoms with van der Waals surface area (Å²) >= 11 is 1.20. The molecule has 0 bridgehead atoms. The van der Waals surface area contributed by atoms with E-state index in [-0.39, 0.29) is 22.9 Å². The first kappa shape index (κ1) is 20.1. The van der Waals surface area contributed by atoms with Crippen molar-refractivity contribution in [2.75, 3.05) is 6.54 Å². The zero-order valence-electron chi connectivity index (χ0n) is 15.8. The molecule has 0 fully saturated rings. The van der Waals surface area contributed by atoms with Crippen LogP contribution in [0.2, 0.25) is 0 Å². The van der Waals surface area contributed by atoms with Crippen LogP contribution >= 0.6 is 11.8 Å². The summed E-state index contributed by atoms with van der Waals surface area (Å²) in [6, 6.07) is 16.0. The smallest absolute Gasteiger partial charge is 0.277 e. The molecule has 5 nitrogen and oxygen atoms in total. The van der Waals surface area contributed by atoms with Crippen molar-refractivity contribution in [1.82, 2.24) is 15.5 Å². The Morgan fingerprint density at radius 1 is 1.14 bits per heavy atom. The highest BCUT2D eigenvalue weighted by atomic mass is 32.2. The van der Waals surface area contributed by atoms with Crippen molar-refractivity contribution in [3.63, 3.8) is 0 Å². The minimum atomic E-state index is -0.380. The van der Waals surface area contributed by atoms with Gasteiger partial charge in [-0.25, -0.2) is 4.39 Å². The third-order valence-corrected chi connectivity index (χ3v) is 5.37. The van der Waals surface area contributed by atoms with Crippen LogP contribution in [0.5, 0.6) is 0 Å². The Labute approximate surface area is 167 Å². The van der Waals surface area contributed by atoms with Gasteiger partial charge in [0.25, 0.3) is 5.22 Å². The standard InChI is InChI=1S/C21H22FN3O2S/c1-3-15(16-7-5-4-6-8-16)13-23-19(26)14(2)28-21-25-24-20(27-21)17-9-11-18(22)12-10-17/h4-12,14-15H,3,13H2,1-2H3,(H,23,26)/t14-,15+/m0/s1. The maximum absolute atomic E-state index is 13.0. The molecule has 28 heavy (non-hydrogen) atoms. The van der Waals surface area contributed by atoms with Crippen LogP contribution in [0.15, 0.2) is 64.2 Å². The van der Waals surface area contributed by atoms with Crippen LogP contribution in [0.3, 0.4) is 0 Å². The number of halogens is 1. The van der Waals surface area contributed by atoms with E-state index < -0.39 is 0 Å².